The molecule has 3 aliphatic rings. The summed E-state index contributed by atoms with van der Waals surface area (Å²) in [5, 5.41) is 12.5. The Bertz CT molecular complexity index is 1200. The van der Waals surface area contributed by atoms with Crippen LogP contribution < -0.4 is 15.1 Å². The first-order chi connectivity index (χ1) is 16.7. The molecule has 0 atom stereocenters. The second-order valence-electron chi connectivity index (χ2n) is 9.04. The van der Waals surface area contributed by atoms with Crippen molar-refractivity contribution in [3.8, 4) is 6.07 Å². The number of rotatable bonds is 4. The van der Waals surface area contributed by atoms with Crippen LogP contribution >= 0.6 is 12.2 Å². The Labute approximate surface area is 206 Å². The fourth-order valence-electron chi connectivity index (χ4n) is 4.97. The normalized spacial score (nSPS) is 20.3. The van der Waals surface area contributed by atoms with Crippen LogP contribution in [-0.2, 0) is 17.5 Å². The molecule has 1 spiro atoms. The van der Waals surface area contributed by atoms with E-state index in [1.54, 1.807) is 4.90 Å². The van der Waals surface area contributed by atoms with Gasteiger partial charge in [-0.25, -0.2) is 4.98 Å². The number of thiocarbonyl (C=S) groups is 1. The second-order valence-corrected chi connectivity index (χ2v) is 9.40. The van der Waals surface area contributed by atoms with Gasteiger partial charge in [0.1, 0.15) is 11.6 Å². The summed E-state index contributed by atoms with van der Waals surface area (Å²) in [6.45, 7) is 4.69. The third-order valence-electron chi connectivity index (χ3n) is 6.95. The molecule has 11 heteroatoms. The molecule has 0 unspecified atom stereocenters. The van der Waals surface area contributed by atoms with Crippen LogP contribution in [0.4, 0.5) is 24.5 Å². The highest BCUT2D eigenvalue weighted by atomic mass is 32.1. The first-order valence-electron chi connectivity index (χ1n) is 11.4. The van der Waals surface area contributed by atoms with Gasteiger partial charge in [0.05, 0.1) is 17.4 Å². The van der Waals surface area contributed by atoms with Gasteiger partial charge < -0.3 is 10.2 Å². The predicted molar refractivity (Wildman–Crippen MR) is 128 cm³/mol. The zero-order valence-electron chi connectivity index (χ0n) is 18.8. The van der Waals surface area contributed by atoms with E-state index in [4.69, 9.17) is 17.5 Å². The smallest absolute Gasteiger partial charge is 0.314 e. The van der Waals surface area contributed by atoms with E-state index in [0.29, 0.717) is 12.8 Å². The lowest BCUT2D eigenvalue weighted by atomic mass is 9.75. The van der Waals surface area contributed by atoms with Crippen molar-refractivity contribution in [2.45, 2.75) is 37.5 Å². The molecular weight excluding hydrogens is 477 g/mol. The minimum atomic E-state index is -4.79. The molecule has 0 bridgehead atoms. The molecular formula is C24H23F3N6OS. The van der Waals surface area contributed by atoms with Crippen LogP contribution in [0.1, 0.15) is 36.1 Å². The van der Waals surface area contributed by atoms with Crippen molar-refractivity contribution in [3.05, 3.63) is 53.3 Å². The van der Waals surface area contributed by atoms with Gasteiger partial charge in [-0.2, -0.15) is 18.4 Å². The van der Waals surface area contributed by atoms with Crippen molar-refractivity contribution in [1.82, 2.24) is 15.2 Å². The Kier molecular flexibility index (Phi) is 5.99. The number of benzene rings is 1. The first kappa shape index (κ1) is 23.7. The van der Waals surface area contributed by atoms with E-state index in [0.717, 1.165) is 67.6 Å². The molecule has 0 radical (unpaired) electrons. The number of alkyl halides is 3. The molecule has 3 heterocycles. The summed E-state index contributed by atoms with van der Waals surface area (Å²) in [6.07, 6.45) is -1.75. The summed E-state index contributed by atoms with van der Waals surface area (Å²) in [6, 6.07) is 10.1. The summed E-state index contributed by atoms with van der Waals surface area (Å²) >= 11 is 5.66. The van der Waals surface area contributed by atoms with E-state index in [1.807, 2.05) is 24.3 Å². The van der Waals surface area contributed by atoms with E-state index in [2.05, 4.69) is 15.2 Å². The summed E-state index contributed by atoms with van der Waals surface area (Å²) in [7, 11) is 0. The van der Waals surface area contributed by atoms with Crippen molar-refractivity contribution in [3.63, 3.8) is 0 Å². The molecule has 182 valence electrons. The van der Waals surface area contributed by atoms with Gasteiger partial charge in [-0.3, -0.25) is 14.6 Å². The van der Waals surface area contributed by atoms with Crippen molar-refractivity contribution in [2.24, 2.45) is 0 Å². The van der Waals surface area contributed by atoms with Crippen LogP contribution in [-0.4, -0.2) is 52.6 Å². The number of nitrogens with one attached hydrogen (secondary N) is 1. The van der Waals surface area contributed by atoms with Gasteiger partial charge in [0, 0.05) is 38.4 Å². The van der Waals surface area contributed by atoms with Crippen LogP contribution in [0, 0.1) is 11.3 Å². The minimum Gasteiger partial charge on any atom is -0.314 e. The van der Waals surface area contributed by atoms with E-state index in [1.165, 1.54) is 6.07 Å². The number of piperazine rings is 1. The molecule has 35 heavy (non-hydrogen) atoms. The first-order valence-corrected chi connectivity index (χ1v) is 11.8. The molecule has 1 saturated carbocycles. The molecule has 7 nitrogen and oxygen atoms in total. The highest BCUT2D eigenvalue weighted by Gasteiger charge is 2.59. The number of nitrogens with zero attached hydrogens (tertiary/aromatic N) is 5. The molecule has 3 fully saturated rings. The third-order valence-corrected chi connectivity index (χ3v) is 7.31. The highest BCUT2D eigenvalue weighted by molar-refractivity contribution is 7.81. The van der Waals surface area contributed by atoms with E-state index in [9.17, 15) is 18.0 Å². The molecule has 1 amide bonds. The molecule has 2 aromatic rings. The number of nitriles is 1. The van der Waals surface area contributed by atoms with E-state index in [-0.39, 0.29) is 16.7 Å². The maximum absolute atomic E-state index is 13.6. The van der Waals surface area contributed by atoms with Gasteiger partial charge in [0.25, 0.3) is 5.91 Å². The zero-order chi connectivity index (χ0) is 24.8. The predicted octanol–water partition coefficient (Wildman–Crippen LogP) is 3.44. The Morgan fingerprint density at radius 3 is 2.40 bits per heavy atom. The lowest BCUT2D eigenvalue weighted by molar-refractivity contribution is -0.138. The molecule has 1 aromatic carbocycles. The van der Waals surface area contributed by atoms with Crippen LogP contribution in [0.3, 0.4) is 0 Å². The molecule has 1 aliphatic carbocycles. The zero-order valence-corrected chi connectivity index (χ0v) is 19.6. The van der Waals surface area contributed by atoms with Crippen LogP contribution in [0.25, 0.3) is 0 Å². The summed E-state index contributed by atoms with van der Waals surface area (Å²) in [5.41, 5.74) is -1.07. The Balaban J connectivity index is 1.46. The fraction of sp³-hybridized carbons (Fsp3) is 0.417. The van der Waals surface area contributed by atoms with Crippen molar-refractivity contribution < 1.29 is 18.0 Å². The number of carbonyl (C=O) groups excluding carboxylic acids is 1. The van der Waals surface area contributed by atoms with Gasteiger partial charge in [-0.15, -0.1) is 0 Å². The summed E-state index contributed by atoms with van der Waals surface area (Å²) < 4.78 is 40.6. The Hall–Kier alpha value is -3.07. The maximum Gasteiger partial charge on any atom is 0.419 e. The molecule has 2 saturated heterocycles. The third kappa shape index (κ3) is 4.05. The molecule has 5 rings (SSSR count). The molecule has 1 N–H and O–H groups in total. The highest BCUT2D eigenvalue weighted by Crippen LogP contribution is 2.48. The number of aromatic nitrogens is 1. The maximum atomic E-state index is 13.6. The molecule has 2 aliphatic heterocycles. The lowest BCUT2D eigenvalue weighted by Crippen LogP contribution is -2.55. The quantitative estimate of drug-likeness (QED) is 0.645. The van der Waals surface area contributed by atoms with Crippen LogP contribution in [0.2, 0.25) is 0 Å². The minimum absolute atomic E-state index is 0.0876. The van der Waals surface area contributed by atoms with Crippen molar-refractivity contribution in [2.75, 3.05) is 36.0 Å². The van der Waals surface area contributed by atoms with E-state index >= 15 is 0 Å². The van der Waals surface area contributed by atoms with Gasteiger partial charge in [0.15, 0.2) is 10.8 Å². The van der Waals surface area contributed by atoms with Crippen LogP contribution in [0.5, 0.6) is 0 Å². The average molecular weight is 501 g/mol. The number of anilines is 2. The topological polar surface area (TPSA) is 75.5 Å². The summed E-state index contributed by atoms with van der Waals surface area (Å²) in [4.78, 5) is 22.5. The lowest BCUT2D eigenvalue weighted by Gasteiger charge is -2.43. The monoisotopic (exact) mass is 500 g/mol. The van der Waals surface area contributed by atoms with Gasteiger partial charge >= 0.3 is 6.18 Å². The van der Waals surface area contributed by atoms with E-state index < -0.39 is 23.0 Å². The largest absolute Gasteiger partial charge is 0.419 e. The molecule has 1 aromatic heterocycles. The standard InChI is InChI=1S/C24H23F3N6OS/c25-24(26,27)19-12-18(14-30-20(19)13-28)32-21(34)23(6-1-7-23)33(22(32)35)17-4-2-16(3-5-17)15-31-10-8-29-9-11-31/h2-5,12,14,29H,1,6-11,15H2. The Morgan fingerprint density at radius 1 is 1.14 bits per heavy atom. The number of halogens is 3. The number of amides is 1. The average Bonchev–Trinajstić information content (AvgIpc) is 3.06. The van der Waals surface area contributed by atoms with Crippen molar-refractivity contribution in [1.29, 1.82) is 5.26 Å². The van der Waals surface area contributed by atoms with Crippen LogP contribution in [0.15, 0.2) is 36.5 Å². The number of carbonyl (C=O) groups is 1. The number of pyridine rings is 1. The summed E-state index contributed by atoms with van der Waals surface area (Å²) in [5.74, 6) is -0.363. The van der Waals surface area contributed by atoms with Gasteiger partial charge in [0.2, 0.25) is 0 Å². The van der Waals surface area contributed by atoms with Gasteiger partial charge in [-0.1, -0.05) is 12.1 Å². The Morgan fingerprint density at radius 2 is 1.83 bits per heavy atom. The number of hydrogen-bond donors (Lipinski definition) is 1. The number of hydrogen-bond acceptors (Lipinski definition) is 6. The SMILES string of the molecule is N#Cc1ncc(N2C(=O)C3(CCC3)N(c3ccc(CN4CCNCC4)cc3)C2=S)cc1C(F)(F)F. The van der Waals surface area contributed by atoms with Gasteiger partial charge in [-0.05, 0) is 55.2 Å². The fourth-order valence-corrected chi connectivity index (χ4v) is 5.44. The van der Waals surface area contributed by atoms with Crippen molar-refractivity contribution >= 4 is 34.6 Å². The second kappa shape index (κ2) is 8.86.